The molecule has 0 saturated heterocycles. The first-order chi connectivity index (χ1) is 9.19. The topological polar surface area (TPSA) is 61.6 Å². The first kappa shape index (κ1) is 13.0. The summed E-state index contributed by atoms with van der Waals surface area (Å²) in [5.41, 5.74) is 5.98. The average molecular weight is 257 g/mol. The zero-order chi connectivity index (χ0) is 13.7. The molecule has 19 heavy (non-hydrogen) atoms. The number of hydrogen-bond acceptors (Lipinski definition) is 3. The number of ether oxygens (including phenoxy) is 2. The molecule has 0 spiro atoms. The average Bonchev–Trinajstić information content (AvgIpc) is 2.41. The minimum atomic E-state index is -0.387. The number of nitrogens with two attached hydrogens (primary N) is 1. The Morgan fingerprint density at radius 3 is 2.58 bits per heavy atom. The van der Waals surface area contributed by atoms with Gasteiger partial charge in [0.2, 0.25) is 5.91 Å². The quantitative estimate of drug-likeness (QED) is 0.895. The number of methoxy groups -OCH3 is 1. The van der Waals surface area contributed by atoms with E-state index in [-0.39, 0.29) is 12.3 Å². The molecule has 2 rings (SSSR count). The van der Waals surface area contributed by atoms with Crippen LogP contribution in [0.2, 0.25) is 0 Å². The van der Waals surface area contributed by atoms with Crippen molar-refractivity contribution in [3.05, 3.63) is 54.1 Å². The summed E-state index contributed by atoms with van der Waals surface area (Å²) in [6.07, 6.45) is 0.153. The summed E-state index contributed by atoms with van der Waals surface area (Å²) in [6.45, 7) is 0. The molecule has 0 fully saturated rings. The molecule has 0 bridgehead atoms. The maximum Gasteiger partial charge on any atom is 0.221 e. The first-order valence-electron chi connectivity index (χ1n) is 5.87. The molecule has 98 valence electrons. The lowest BCUT2D eigenvalue weighted by Gasteiger charge is -2.10. The van der Waals surface area contributed by atoms with Crippen molar-refractivity contribution < 1.29 is 14.3 Å². The number of carbonyl (C=O) groups excluding carboxylic acids is 1. The fraction of sp³-hybridized carbons (Fsp3) is 0.133. The summed E-state index contributed by atoms with van der Waals surface area (Å²) >= 11 is 0. The third-order valence-electron chi connectivity index (χ3n) is 2.61. The fourth-order valence-corrected chi connectivity index (χ4v) is 1.73. The summed E-state index contributed by atoms with van der Waals surface area (Å²) in [4.78, 5) is 11.0. The maximum atomic E-state index is 11.0. The molecule has 0 unspecified atom stereocenters. The molecule has 0 aliphatic rings. The SMILES string of the molecule is COc1cccc(Oc2ccccc2CC(N)=O)c1. The van der Waals surface area contributed by atoms with Crippen molar-refractivity contribution in [2.24, 2.45) is 5.73 Å². The lowest BCUT2D eigenvalue weighted by Crippen LogP contribution is -2.14. The summed E-state index contributed by atoms with van der Waals surface area (Å²) < 4.78 is 10.9. The van der Waals surface area contributed by atoms with E-state index in [2.05, 4.69) is 0 Å². The van der Waals surface area contributed by atoms with Crippen molar-refractivity contribution >= 4 is 5.91 Å². The number of hydrogen-bond donors (Lipinski definition) is 1. The molecule has 2 aromatic rings. The van der Waals surface area contributed by atoms with Crippen molar-refractivity contribution in [3.63, 3.8) is 0 Å². The van der Waals surface area contributed by atoms with Gasteiger partial charge in [0.05, 0.1) is 13.5 Å². The molecule has 0 aromatic heterocycles. The van der Waals surface area contributed by atoms with E-state index < -0.39 is 0 Å². The number of para-hydroxylation sites is 1. The van der Waals surface area contributed by atoms with Crippen LogP contribution in [0.4, 0.5) is 0 Å². The van der Waals surface area contributed by atoms with Crippen LogP contribution in [0.15, 0.2) is 48.5 Å². The molecular formula is C15H15NO3. The Balaban J connectivity index is 2.24. The predicted octanol–water partition coefficient (Wildman–Crippen LogP) is 2.52. The van der Waals surface area contributed by atoms with Gasteiger partial charge in [-0.1, -0.05) is 24.3 Å². The van der Waals surface area contributed by atoms with Crippen LogP contribution in [-0.2, 0) is 11.2 Å². The highest BCUT2D eigenvalue weighted by molar-refractivity contribution is 5.77. The molecule has 2 N–H and O–H groups in total. The third-order valence-corrected chi connectivity index (χ3v) is 2.61. The van der Waals surface area contributed by atoms with Crippen LogP contribution in [0.25, 0.3) is 0 Å². The molecule has 0 radical (unpaired) electrons. The zero-order valence-electron chi connectivity index (χ0n) is 10.6. The number of rotatable bonds is 5. The molecule has 4 heteroatoms. The van der Waals surface area contributed by atoms with Crippen molar-refractivity contribution in [2.75, 3.05) is 7.11 Å². The van der Waals surface area contributed by atoms with Crippen molar-refractivity contribution in [1.29, 1.82) is 0 Å². The monoisotopic (exact) mass is 257 g/mol. The molecule has 0 saturated carbocycles. The van der Waals surface area contributed by atoms with Crippen molar-refractivity contribution in [1.82, 2.24) is 0 Å². The summed E-state index contributed by atoms with van der Waals surface area (Å²) in [5.74, 6) is 1.59. The summed E-state index contributed by atoms with van der Waals surface area (Å²) in [6, 6.07) is 14.6. The highest BCUT2D eigenvalue weighted by Gasteiger charge is 2.07. The van der Waals surface area contributed by atoms with E-state index in [0.717, 1.165) is 5.56 Å². The Morgan fingerprint density at radius 2 is 1.84 bits per heavy atom. The van der Waals surface area contributed by atoms with Gasteiger partial charge in [-0.15, -0.1) is 0 Å². The van der Waals surface area contributed by atoms with Crippen molar-refractivity contribution in [2.45, 2.75) is 6.42 Å². The first-order valence-corrected chi connectivity index (χ1v) is 5.87. The van der Waals surface area contributed by atoms with E-state index >= 15 is 0 Å². The number of primary amides is 1. The van der Waals surface area contributed by atoms with Gasteiger partial charge in [0.25, 0.3) is 0 Å². The molecule has 0 atom stereocenters. The van der Waals surface area contributed by atoms with Gasteiger partial charge in [0.15, 0.2) is 0 Å². The number of carbonyl (C=O) groups is 1. The van der Waals surface area contributed by atoms with Gasteiger partial charge in [-0.25, -0.2) is 0 Å². The Labute approximate surface area is 111 Å². The Bertz CT molecular complexity index is 581. The molecular weight excluding hydrogens is 242 g/mol. The minimum absolute atomic E-state index is 0.153. The summed E-state index contributed by atoms with van der Waals surface area (Å²) in [7, 11) is 1.60. The molecule has 0 aliphatic carbocycles. The molecule has 0 aliphatic heterocycles. The normalized spacial score (nSPS) is 9.95. The lowest BCUT2D eigenvalue weighted by molar-refractivity contribution is -0.117. The number of benzene rings is 2. The van der Waals surface area contributed by atoms with Crippen LogP contribution in [0, 0.1) is 0 Å². The Hall–Kier alpha value is -2.49. The van der Waals surface area contributed by atoms with Gasteiger partial charge < -0.3 is 15.2 Å². The van der Waals surface area contributed by atoms with Gasteiger partial charge in [-0.3, -0.25) is 4.79 Å². The van der Waals surface area contributed by atoms with Crippen molar-refractivity contribution in [3.8, 4) is 17.2 Å². The largest absolute Gasteiger partial charge is 0.497 e. The van der Waals surface area contributed by atoms with Crippen LogP contribution < -0.4 is 15.2 Å². The highest BCUT2D eigenvalue weighted by Crippen LogP contribution is 2.27. The highest BCUT2D eigenvalue weighted by atomic mass is 16.5. The standard InChI is InChI=1S/C15H15NO3/c1-18-12-6-4-7-13(10-12)19-14-8-3-2-5-11(14)9-15(16)17/h2-8,10H,9H2,1H3,(H2,16,17). The van der Waals surface area contributed by atoms with Gasteiger partial charge in [0.1, 0.15) is 17.2 Å². The van der Waals surface area contributed by atoms with Gasteiger partial charge in [0, 0.05) is 11.6 Å². The third kappa shape index (κ3) is 3.48. The van der Waals surface area contributed by atoms with E-state index in [0.29, 0.717) is 17.2 Å². The zero-order valence-corrected chi connectivity index (χ0v) is 10.6. The van der Waals surface area contributed by atoms with Crippen LogP contribution in [0.5, 0.6) is 17.2 Å². The van der Waals surface area contributed by atoms with Gasteiger partial charge in [-0.05, 0) is 18.2 Å². The molecule has 0 heterocycles. The molecule has 1 amide bonds. The van der Waals surface area contributed by atoms with E-state index in [1.807, 2.05) is 36.4 Å². The predicted molar refractivity (Wildman–Crippen MR) is 72.4 cm³/mol. The van der Waals surface area contributed by atoms with Crippen LogP contribution in [0.1, 0.15) is 5.56 Å². The van der Waals surface area contributed by atoms with Gasteiger partial charge >= 0.3 is 0 Å². The summed E-state index contributed by atoms with van der Waals surface area (Å²) in [5, 5.41) is 0. The fourth-order valence-electron chi connectivity index (χ4n) is 1.73. The van der Waals surface area contributed by atoms with Crippen LogP contribution in [-0.4, -0.2) is 13.0 Å². The van der Waals surface area contributed by atoms with Crippen LogP contribution >= 0.6 is 0 Å². The van der Waals surface area contributed by atoms with Gasteiger partial charge in [-0.2, -0.15) is 0 Å². The van der Waals surface area contributed by atoms with E-state index in [9.17, 15) is 4.79 Å². The second-order valence-electron chi connectivity index (χ2n) is 4.03. The number of amides is 1. The lowest BCUT2D eigenvalue weighted by atomic mass is 10.1. The minimum Gasteiger partial charge on any atom is -0.497 e. The Kier molecular flexibility index (Phi) is 4.03. The Morgan fingerprint density at radius 1 is 1.11 bits per heavy atom. The van der Waals surface area contributed by atoms with E-state index in [1.165, 1.54) is 0 Å². The van der Waals surface area contributed by atoms with Crippen LogP contribution in [0.3, 0.4) is 0 Å². The smallest absolute Gasteiger partial charge is 0.221 e. The van der Waals surface area contributed by atoms with E-state index in [4.69, 9.17) is 15.2 Å². The molecule has 4 nitrogen and oxygen atoms in total. The second kappa shape index (κ2) is 5.91. The van der Waals surface area contributed by atoms with E-state index in [1.54, 1.807) is 19.2 Å². The second-order valence-corrected chi connectivity index (χ2v) is 4.03. The molecule has 2 aromatic carbocycles. The maximum absolute atomic E-state index is 11.0.